The molecule has 1 saturated heterocycles. The molecule has 6 heteroatoms. The van der Waals surface area contributed by atoms with Crippen molar-refractivity contribution >= 4 is 23.3 Å². The Morgan fingerprint density at radius 3 is 3.22 bits per heavy atom. The molecule has 2 heterocycles. The van der Waals surface area contributed by atoms with Crippen LogP contribution in [-0.2, 0) is 14.3 Å². The van der Waals surface area contributed by atoms with Crippen molar-refractivity contribution in [3.8, 4) is 0 Å². The molecule has 1 aromatic rings. The molecule has 1 aliphatic rings. The van der Waals surface area contributed by atoms with Gasteiger partial charge in [-0.2, -0.15) is 0 Å². The van der Waals surface area contributed by atoms with E-state index in [2.05, 4.69) is 10.3 Å². The summed E-state index contributed by atoms with van der Waals surface area (Å²) >= 11 is 1.56. The summed E-state index contributed by atoms with van der Waals surface area (Å²) in [7, 11) is 0. The summed E-state index contributed by atoms with van der Waals surface area (Å²) in [6.45, 7) is 4.17. The van der Waals surface area contributed by atoms with E-state index in [0.29, 0.717) is 26.4 Å². The van der Waals surface area contributed by atoms with Gasteiger partial charge in [0.15, 0.2) is 0 Å². The van der Waals surface area contributed by atoms with Crippen LogP contribution >= 0.6 is 11.3 Å². The molecule has 0 unspecified atom stereocenters. The Morgan fingerprint density at radius 2 is 2.56 bits per heavy atom. The summed E-state index contributed by atoms with van der Waals surface area (Å²) in [5, 5.41) is 5.68. The molecular formula is C12H16N2O3S. The second-order valence-electron chi connectivity index (χ2n) is 3.94. The zero-order valence-electron chi connectivity index (χ0n) is 10.2. The first-order valence-corrected chi connectivity index (χ1v) is 6.69. The number of rotatable bonds is 4. The van der Waals surface area contributed by atoms with Gasteiger partial charge in [0.1, 0.15) is 0 Å². The molecule has 98 valence electrons. The summed E-state index contributed by atoms with van der Waals surface area (Å²) in [5.74, 6) is -0.144. The van der Waals surface area contributed by atoms with Crippen molar-refractivity contribution in [3.63, 3.8) is 0 Å². The maximum atomic E-state index is 11.5. The first kappa shape index (κ1) is 13.2. The fourth-order valence-electron chi connectivity index (χ4n) is 1.55. The highest BCUT2D eigenvalue weighted by Crippen LogP contribution is 2.08. The van der Waals surface area contributed by atoms with Crippen molar-refractivity contribution in [1.82, 2.24) is 10.3 Å². The summed E-state index contributed by atoms with van der Waals surface area (Å²) in [4.78, 5) is 15.8. The molecule has 0 radical (unpaired) electrons. The number of aryl methyl sites for hydroxylation is 1. The van der Waals surface area contributed by atoms with Crippen LogP contribution in [0.15, 0.2) is 11.5 Å². The quantitative estimate of drug-likeness (QED) is 0.828. The van der Waals surface area contributed by atoms with E-state index in [-0.39, 0.29) is 12.0 Å². The number of aromatic nitrogens is 1. The van der Waals surface area contributed by atoms with Crippen LogP contribution in [0.5, 0.6) is 0 Å². The molecule has 1 amide bonds. The van der Waals surface area contributed by atoms with Crippen LogP contribution in [0.4, 0.5) is 0 Å². The first-order chi connectivity index (χ1) is 8.74. The number of amides is 1. The number of ether oxygens (including phenoxy) is 2. The standard InChI is InChI=1S/C12H16N2O3S/c1-9-14-10(8-18-9)2-3-12(15)13-6-11-7-16-4-5-17-11/h2-3,8,11H,4-7H2,1H3,(H,13,15)/b3-2+/t11-/m0/s1. The molecule has 1 N–H and O–H groups in total. The van der Waals surface area contributed by atoms with Gasteiger partial charge in [0.2, 0.25) is 5.91 Å². The Kier molecular flexibility index (Phi) is 4.86. The Balaban J connectivity index is 1.73. The van der Waals surface area contributed by atoms with E-state index in [1.807, 2.05) is 12.3 Å². The highest BCUT2D eigenvalue weighted by molar-refractivity contribution is 7.09. The van der Waals surface area contributed by atoms with E-state index < -0.39 is 0 Å². The van der Waals surface area contributed by atoms with Crippen LogP contribution < -0.4 is 5.32 Å². The van der Waals surface area contributed by atoms with Crippen molar-refractivity contribution in [3.05, 3.63) is 22.2 Å². The fourth-order valence-corrected chi connectivity index (χ4v) is 2.13. The first-order valence-electron chi connectivity index (χ1n) is 5.81. The molecule has 1 fully saturated rings. The van der Waals surface area contributed by atoms with Gasteiger partial charge in [-0.05, 0) is 13.0 Å². The molecule has 5 nitrogen and oxygen atoms in total. The predicted octanol–water partition coefficient (Wildman–Crippen LogP) is 0.996. The van der Waals surface area contributed by atoms with Gasteiger partial charge < -0.3 is 14.8 Å². The van der Waals surface area contributed by atoms with Crippen LogP contribution in [0.2, 0.25) is 0 Å². The number of hydrogen-bond acceptors (Lipinski definition) is 5. The SMILES string of the molecule is Cc1nc(/C=C/C(=O)NC[C@H]2COCCO2)cs1. The van der Waals surface area contributed by atoms with Gasteiger partial charge in [0.25, 0.3) is 0 Å². The minimum atomic E-state index is -0.144. The molecule has 0 spiro atoms. The van der Waals surface area contributed by atoms with Crippen molar-refractivity contribution in [2.45, 2.75) is 13.0 Å². The van der Waals surface area contributed by atoms with Gasteiger partial charge >= 0.3 is 0 Å². The van der Waals surface area contributed by atoms with Gasteiger partial charge in [-0.3, -0.25) is 4.79 Å². The molecule has 1 aromatic heterocycles. The third-order valence-corrected chi connectivity index (χ3v) is 3.22. The van der Waals surface area contributed by atoms with Gasteiger partial charge in [-0.1, -0.05) is 0 Å². The second kappa shape index (κ2) is 6.63. The molecule has 2 rings (SSSR count). The van der Waals surface area contributed by atoms with Gasteiger partial charge in [0.05, 0.1) is 36.6 Å². The Hall–Kier alpha value is -1.24. The molecule has 0 bridgehead atoms. The van der Waals surface area contributed by atoms with E-state index in [1.54, 1.807) is 17.4 Å². The largest absolute Gasteiger partial charge is 0.376 e. The third-order valence-electron chi connectivity index (χ3n) is 2.43. The minimum Gasteiger partial charge on any atom is -0.376 e. The Labute approximate surface area is 110 Å². The van der Waals surface area contributed by atoms with Gasteiger partial charge in [-0.15, -0.1) is 11.3 Å². The van der Waals surface area contributed by atoms with E-state index in [1.165, 1.54) is 6.08 Å². The average molecular weight is 268 g/mol. The molecule has 1 atom stereocenters. The van der Waals surface area contributed by atoms with Crippen LogP contribution in [0.3, 0.4) is 0 Å². The molecule has 0 saturated carbocycles. The lowest BCUT2D eigenvalue weighted by molar-refractivity contribution is -0.119. The minimum absolute atomic E-state index is 0.0439. The number of hydrogen-bond donors (Lipinski definition) is 1. The number of thiazole rings is 1. The summed E-state index contributed by atoms with van der Waals surface area (Å²) < 4.78 is 10.7. The smallest absolute Gasteiger partial charge is 0.244 e. The molecule has 1 aliphatic heterocycles. The van der Waals surface area contributed by atoms with Crippen molar-refractivity contribution in [2.24, 2.45) is 0 Å². The Bertz CT molecular complexity index is 425. The van der Waals surface area contributed by atoms with Gasteiger partial charge in [-0.25, -0.2) is 4.98 Å². The highest BCUT2D eigenvalue weighted by atomic mass is 32.1. The van der Waals surface area contributed by atoms with Crippen molar-refractivity contribution in [2.75, 3.05) is 26.4 Å². The van der Waals surface area contributed by atoms with E-state index in [9.17, 15) is 4.79 Å². The van der Waals surface area contributed by atoms with E-state index in [4.69, 9.17) is 9.47 Å². The molecular weight excluding hydrogens is 252 g/mol. The van der Waals surface area contributed by atoms with Crippen LogP contribution in [-0.4, -0.2) is 43.4 Å². The van der Waals surface area contributed by atoms with Crippen LogP contribution in [0.25, 0.3) is 6.08 Å². The number of nitrogens with one attached hydrogen (secondary N) is 1. The van der Waals surface area contributed by atoms with E-state index >= 15 is 0 Å². The maximum Gasteiger partial charge on any atom is 0.244 e. The number of carbonyl (C=O) groups is 1. The maximum absolute atomic E-state index is 11.5. The fraction of sp³-hybridized carbons (Fsp3) is 0.500. The lowest BCUT2D eigenvalue weighted by Crippen LogP contribution is -2.39. The summed E-state index contributed by atoms with van der Waals surface area (Å²) in [6.07, 6.45) is 3.15. The zero-order chi connectivity index (χ0) is 12.8. The lowest BCUT2D eigenvalue weighted by Gasteiger charge is -2.22. The average Bonchev–Trinajstić information content (AvgIpc) is 2.81. The number of nitrogens with zero attached hydrogens (tertiary/aromatic N) is 1. The summed E-state index contributed by atoms with van der Waals surface area (Å²) in [5.41, 5.74) is 0.810. The number of carbonyl (C=O) groups excluding carboxylic acids is 1. The lowest BCUT2D eigenvalue weighted by atomic mass is 10.3. The van der Waals surface area contributed by atoms with E-state index in [0.717, 1.165) is 10.7 Å². The normalized spacial score (nSPS) is 20.2. The van der Waals surface area contributed by atoms with Crippen molar-refractivity contribution < 1.29 is 14.3 Å². The second-order valence-corrected chi connectivity index (χ2v) is 5.00. The Morgan fingerprint density at radius 1 is 1.67 bits per heavy atom. The van der Waals surface area contributed by atoms with Crippen molar-refractivity contribution in [1.29, 1.82) is 0 Å². The van der Waals surface area contributed by atoms with Gasteiger partial charge in [0, 0.05) is 18.0 Å². The molecule has 18 heavy (non-hydrogen) atoms. The third kappa shape index (κ3) is 4.21. The zero-order valence-corrected chi connectivity index (χ0v) is 11.0. The predicted molar refractivity (Wildman–Crippen MR) is 69.5 cm³/mol. The molecule has 0 aromatic carbocycles. The van der Waals surface area contributed by atoms with Crippen LogP contribution in [0, 0.1) is 6.92 Å². The van der Waals surface area contributed by atoms with Crippen LogP contribution in [0.1, 0.15) is 10.7 Å². The monoisotopic (exact) mass is 268 g/mol. The molecule has 0 aliphatic carbocycles. The summed E-state index contributed by atoms with van der Waals surface area (Å²) in [6, 6.07) is 0. The topological polar surface area (TPSA) is 60.5 Å². The highest BCUT2D eigenvalue weighted by Gasteiger charge is 2.14.